The number of carboxylic acids is 4. The number of benzene rings is 4. The average Bonchev–Trinajstić information content (AvgIpc) is 1.60. The van der Waals surface area contributed by atoms with Gasteiger partial charge in [-0.2, -0.15) is 0 Å². The Labute approximate surface area is 666 Å². The largest absolute Gasteiger partial charge is 0.508 e. The molecule has 0 spiro atoms. The molecule has 0 aliphatic carbocycles. The zero-order valence-corrected chi connectivity index (χ0v) is 64.5. The Morgan fingerprint density at radius 3 is 1.21 bits per heavy atom. The van der Waals surface area contributed by atoms with Gasteiger partial charge in [0.05, 0.1) is 30.8 Å². The summed E-state index contributed by atoms with van der Waals surface area (Å²) in [5, 5.41) is 109. The molecule has 3 fully saturated rings. The van der Waals surface area contributed by atoms with Gasteiger partial charge < -0.3 is 66.6 Å². The van der Waals surface area contributed by atoms with Crippen LogP contribution in [0, 0.1) is 36.9 Å². The van der Waals surface area contributed by atoms with E-state index in [-0.39, 0.29) is 216 Å². The number of hydrogen-bond donors (Lipinski definition) is 11. The molecule has 1 radical (unpaired) electrons. The first-order chi connectivity index (χ1) is 52.1. The van der Waals surface area contributed by atoms with Crippen LogP contribution in [0.25, 0.3) is 34.2 Å². The molecule has 34 nitrogen and oxygen atoms in total. The molecule has 5 heterocycles. The second kappa shape index (κ2) is 40.5. The minimum Gasteiger partial charge on any atom is -0.508 e. The van der Waals surface area contributed by atoms with E-state index in [9.17, 15) is 84.0 Å². The van der Waals surface area contributed by atoms with E-state index in [0.29, 0.717) is 87.9 Å². The Kier molecular flexibility index (Phi) is 31.7. The number of nitrogens with zero attached hydrogens (tertiary/aromatic N) is 14. The molecule has 0 bridgehead atoms. The number of piperazine rings is 2. The Bertz CT molecular complexity index is 4170. The number of aromatic nitrogens is 6. The molecule has 3 saturated heterocycles. The summed E-state index contributed by atoms with van der Waals surface area (Å²) >= 11 is 0. The number of phenolic OH excluding ortho intramolecular Hbond substituents is 4. The van der Waals surface area contributed by atoms with Crippen molar-refractivity contribution in [1.29, 1.82) is 0 Å². The second-order valence-electron chi connectivity index (χ2n) is 28.3. The van der Waals surface area contributed by atoms with Crippen LogP contribution in [-0.2, 0) is 46.7 Å². The number of amides is 5. The van der Waals surface area contributed by atoms with E-state index in [1.165, 1.54) is 12.1 Å². The number of rotatable bonds is 31. The van der Waals surface area contributed by atoms with Crippen molar-refractivity contribution in [3.05, 3.63) is 107 Å². The van der Waals surface area contributed by atoms with Crippen LogP contribution in [0.15, 0.2) is 72.8 Å². The van der Waals surface area contributed by atoms with Gasteiger partial charge in [-0.25, -0.2) is 0 Å². The summed E-state index contributed by atoms with van der Waals surface area (Å²) in [6.07, 6.45) is -0.302. The molecule has 3 aliphatic heterocycles. The van der Waals surface area contributed by atoms with E-state index in [4.69, 9.17) is 0 Å². The predicted octanol–water partition coefficient (Wildman–Crippen LogP) is 3.10. The van der Waals surface area contributed by atoms with Crippen LogP contribution in [0.1, 0.15) is 129 Å². The van der Waals surface area contributed by atoms with Gasteiger partial charge in [0.25, 0.3) is 11.8 Å². The van der Waals surface area contributed by atoms with Gasteiger partial charge in [-0.15, -0.1) is 20.4 Å². The molecular weight excluding hydrogens is 1590 g/mol. The number of phenols is 4. The fourth-order valence-electron chi connectivity index (χ4n) is 14.0. The van der Waals surface area contributed by atoms with Gasteiger partial charge in [-0.1, -0.05) is 52.0 Å². The smallest absolute Gasteiger partial charge is 0.320 e. The number of carboxylic acid groups (broad SMARTS) is 4. The quantitative estimate of drug-likeness (QED) is 0.0298. The minimum absolute atomic E-state index is 0. The number of carbonyl (C=O) groups is 9. The van der Waals surface area contributed by atoms with Crippen molar-refractivity contribution in [2.24, 2.45) is 0 Å². The molecule has 2 aromatic heterocycles. The van der Waals surface area contributed by atoms with Crippen molar-refractivity contribution in [3.8, 4) is 57.1 Å². The van der Waals surface area contributed by atoms with Crippen LogP contribution in [0.2, 0.25) is 0 Å². The maximum Gasteiger partial charge on any atom is 0.320 e. The number of hydrogen-bond acceptors (Lipinski definition) is 23. The van der Waals surface area contributed by atoms with E-state index in [1.807, 2.05) is 64.1 Å². The first kappa shape index (κ1) is 86.2. The standard InChI is InChI=1S/C75H101N17O17.Lu/c1-7-76-72(105)70-81-79-68(55-38-53(47(3)4)59(93)40-61(55)95)91(70)51-16-12-49(13-17-51)42-83-28-34-89(35-29-83)64(98)11-9-10-57(78-63(97)21-20-58(75(108)109)88-32-26-86(45-66(101)102)24-22-85(44-65(99)100)23-25-87(27-33-88)46-67(103)104)74(107)90-36-30-84(31-37-90)43-50-14-18-52(19-15-50)92-69(80-82-71(92)73(106)77-8-2)56-39-54(48(5)6)60(94)41-62(56)96;/h12-19,38-41,47-48,57-58,93-96H,7-11,20-37,42-46H2,1-6H3,(H,76,105)(H,77,106)(H,78,97)(H,99,100)(H,101,102)(H,103,104)(H,108,109);/t57-,58+;/m0./s1. The fraction of sp³-hybridized carbons (Fsp3) is 0.507. The van der Waals surface area contributed by atoms with Crippen LogP contribution in [0.3, 0.4) is 0 Å². The Balaban J connectivity index is 0.0000152. The van der Waals surface area contributed by atoms with Gasteiger partial charge in [-0.3, -0.25) is 81.7 Å². The topological polar surface area (TPSA) is 439 Å². The van der Waals surface area contributed by atoms with Gasteiger partial charge >= 0.3 is 23.9 Å². The van der Waals surface area contributed by atoms with Crippen molar-refractivity contribution >= 4 is 53.4 Å². The molecule has 11 N–H and O–H groups in total. The van der Waals surface area contributed by atoms with Crippen molar-refractivity contribution < 1.29 is 121 Å². The molecule has 5 amide bonds. The van der Waals surface area contributed by atoms with Gasteiger partial charge in [0.1, 0.15) is 35.1 Å². The molecule has 4 aromatic carbocycles. The van der Waals surface area contributed by atoms with Gasteiger partial charge in [0.15, 0.2) is 11.6 Å². The van der Waals surface area contributed by atoms with E-state index in [2.05, 4.69) is 46.1 Å². The monoisotopic (exact) mass is 1690 g/mol. The summed E-state index contributed by atoms with van der Waals surface area (Å²) in [7, 11) is 0. The molecule has 2 atom stereocenters. The van der Waals surface area contributed by atoms with E-state index >= 15 is 0 Å². The van der Waals surface area contributed by atoms with E-state index < -0.39 is 72.7 Å². The summed E-state index contributed by atoms with van der Waals surface area (Å²) < 4.78 is 3.10. The maximum absolute atomic E-state index is 14.8. The molecule has 0 saturated carbocycles. The summed E-state index contributed by atoms with van der Waals surface area (Å²) in [5.41, 5.74) is 4.59. The Morgan fingerprint density at radius 2 is 0.836 bits per heavy atom. The number of carbonyl (C=O) groups excluding carboxylic acids is 5. The van der Waals surface area contributed by atoms with Gasteiger partial charge in [0, 0.05) is 204 Å². The van der Waals surface area contributed by atoms with E-state index in [1.54, 1.807) is 76.6 Å². The van der Waals surface area contributed by atoms with Crippen LogP contribution in [0.5, 0.6) is 23.0 Å². The zero-order valence-electron chi connectivity index (χ0n) is 62.8. The SMILES string of the molecule is CCNC(=O)c1nnc(-c2cc(C(C)C)c(O)cc2O)n1-c1ccc(CN2CCN(C(=O)CCC[C@H](NC(=O)CC[C@H](C(=O)O)N3CCN(CC(=O)O)CCN(CC(=O)O)CCN(CC(=O)O)CC3)C(=O)N3CCN(Cc4ccc(-n5c(C(=O)NCC)nnc5-c5cc(C(C)C)c(O)cc5O)cc4)CC3)CC2)cc1.[Lu]. The fourth-order valence-corrected chi connectivity index (χ4v) is 14.0. The van der Waals surface area contributed by atoms with Crippen LogP contribution < -0.4 is 16.0 Å². The van der Waals surface area contributed by atoms with Crippen molar-refractivity contribution in [2.75, 3.05) is 137 Å². The molecule has 0 unspecified atom stereocenters. The third kappa shape index (κ3) is 23.1. The molecule has 603 valence electrons. The number of aliphatic carboxylic acids is 4. The first-order valence-electron chi connectivity index (χ1n) is 37.0. The summed E-state index contributed by atoms with van der Waals surface area (Å²) in [6, 6.07) is 18.2. The maximum atomic E-state index is 14.8. The second-order valence-corrected chi connectivity index (χ2v) is 28.3. The van der Waals surface area contributed by atoms with Crippen LogP contribution in [0.4, 0.5) is 0 Å². The third-order valence-electron chi connectivity index (χ3n) is 19.9. The first-order valence-corrected chi connectivity index (χ1v) is 37.0. The Morgan fingerprint density at radius 1 is 0.455 bits per heavy atom. The van der Waals surface area contributed by atoms with Crippen LogP contribution >= 0.6 is 0 Å². The summed E-state index contributed by atoms with van der Waals surface area (Å²) in [4.78, 5) is 133. The van der Waals surface area contributed by atoms with Crippen molar-refractivity contribution in [1.82, 2.24) is 84.7 Å². The number of nitrogens with one attached hydrogen (secondary N) is 3. The Hall–Kier alpha value is -9.42. The average molecular weight is 1690 g/mol. The zero-order chi connectivity index (χ0) is 78.8. The van der Waals surface area contributed by atoms with Gasteiger partial charge in [-0.05, 0) is 104 Å². The molecule has 6 aromatic rings. The predicted molar refractivity (Wildman–Crippen MR) is 398 cm³/mol. The van der Waals surface area contributed by atoms with Gasteiger partial charge in [0.2, 0.25) is 29.4 Å². The van der Waals surface area contributed by atoms with Crippen molar-refractivity contribution in [2.45, 2.75) is 111 Å². The molecule has 110 heavy (non-hydrogen) atoms. The third-order valence-corrected chi connectivity index (χ3v) is 19.9. The molecule has 3 aliphatic rings. The summed E-state index contributed by atoms with van der Waals surface area (Å²) in [6.45, 7) is 15.4. The van der Waals surface area contributed by atoms with E-state index in [0.717, 1.165) is 11.1 Å². The minimum atomic E-state index is -1.32. The van der Waals surface area contributed by atoms with Crippen molar-refractivity contribution in [3.63, 3.8) is 0 Å². The molecule has 35 heteroatoms. The number of aromatic hydroxyl groups is 4. The normalized spacial score (nSPS) is 16.1. The molecule has 9 rings (SSSR count). The molecular formula is C75H101LuN17O17. The van der Waals surface area contributed by atoms with Crippen LogP contribution in [-0.4, -0.2) is 313 Å². The summed E-state index contributed by atoms with van der Waals surface area (Å²) in [5.74, 6) is -7.36.